The zero-order valence-electron chi connectivity index (χ0n) is 10.1. The summed E-state index contributed by atoms with van der Waals surface area (Å²) in [6, 6.07) is 6.48. The standard InChI is InChI=1S/C12H13NO5/c1-8(14)18-7-11(15)13-12(16)9-5-3-4-6-10(9)17-2/h3-6H,7H2,1-2H3,(H,13,15,16). The minimum Gasteiger partial charge on any atom is -0.496 e. The molecule has 0 unspecified atom stereocenters. The van der Waals surface area contributed by atoms with E-state index in [-0.39, 0.29) is 5.56 Å². The van der Waals surface area contributed by atoms with Crippen molar-refractivity contribution in [2.75, 3.05) is 13.7 Å². The molecule has 0 saturated heterocycles. The van der Waals surface area contributed by atoms with E-state index in [1.165, 1.54) is 20.1 Å². The Bertz CT molecular complexity index is 469. The number of hydrogen-bond donors (Lipinski definition) is 1. The molecule has 1 rings (SSSR count). The normalized spacial score (nSPS) is 9.44. The quantitative estimate of drug-likeness (QED) is 0.789. The number of amides is 2. The molecule has 0 aliphatic heterocycles. The first-order valence-corrected chi connectivity index (χ1v) is 5.15. The first-order chi connectivity index (χ1) is 8.54. The first-order valence-electron chi connectivity index (χ1n) is 5.15. The van der Waals surface area contributed by atoms with Gasteiger partial charge in [-0.3, -0.25) is 19.7 Å². The highest BCUT2D eigenvalue weighted by molar-refractivity contribution is 6.06. The van der Waals surface area contributed by atoms with Gasteiger partial charge in [0, 0.05) is 6.92 Å². The lowest BCUT2D eigenvalue weighted by atomic mass is 10.2. The van der Waals surface area contributed by atoms with Gasteiger partial charge in [-0.15, -0.1) is 0 Å². The number of hydrogen-bond acceptors (Lipinski definition) is 5. The van der Waals surface area contributed by atoms with E-state index in [0.717, 1.165) is 0 Å². The van der Waals surface area contributed by atoms with Crippen LogP contribution in [0.4, 0.5) is 0 Å². The number of carbonyl (C=O) groups is 3. The van der Waals surface area contributed by atoms with Gasteiger partial charge in [0.2, 0.25) is 0 Å². The van der Waals surface area contributed by atoms with Crippen LogP contribution in [0.15, 0.2) is 24.3 Å². The summed E-state index contributed by atoms with van der Waals surface area (Å²) in [6.45, 7) is 0.686. The molecular formula is C12H13NO5. The summed E-state index contributed by atoms with van der Waals surface area (Å²) in [4.78, 5) is 33.5. The van der Waals surface area contributed by atoms with Crippen LogP contribution in [0.3, 0.4) is 0 Å². The van der Waals surface area contributed by atoms with E-state index >= 15 is 0 Å². The van der Waals surface area contributed by atoms with Gasteiger partial charge in [-0.25, -0.2) is 0 Å². The Morgan fingerprint density at radius 1 is 1.22 bits per heavy atom. The van der Waals surface area contributed by atoms with Crippen molar-refractivity contribution < 1.29 is 23.9 Å². The number of imide groups is 1. The fourth-order valence-electron chi connectivity index (χ4n) is 1.23. The van der Waals surface area contributed by atoms with Gasteiger partial charge >= 0.3 is 5.97 Å². The fraction of sp³-hybridized carbons (Fsp3) is 0.250. The molecule has 0 radical (unpaired) electrons. The molecule has 2 amide bonds. The fourth-order valence-corrected chi connectivity index (χ4v) is 1.23. The van der Waals surface area contributed by atoms with Gasteiger partial charge in [0.1, 0.15) is 5.75 Å². The van der Waals surface area contributed by atoms with E-state index in [0.29, 0.717) is 5.75 Å². The molecule has 0 atom stereocenters. The highest BCUT2D eigenvalue weighted by Gasteiger charge is 2.14. The lowest BCUT2D eigenvalue weighted by Crippen LogP contribution is -2.34. The highest BCUT2D eigenvalue weighted by Crippen LogP contribution is 2.16. The second kappa shape index (κ2) is 6.39. The SMILES string of the molecule is COc1ccccc1C(=O)NC(=O)COC(C)=O. The maximum Gasteiger partial charge on any atom is 0.303 e. The number of methoxy groups -OCH3 is 1. The van der Waals surface area contributed by atoms with Gasteiger partial charge in [-0.1, -0.05) is 12.1 Å². The number of rotatable bonds is 4. The minimum absolute atomic E-state index is 0.233. The third-order valence-corrected chi connectivity index (χ3v) is 2.01. The van der Waals surface area contributed by atoms with Gasteiger partial charge in [0.15, 0.2) is 6.61 Å². The van der Waals surface area contributed by atoms with E-state index < -0.39 is 24.4 Å². The molecule has 0 aromatic heterocycles. The Kier molecular flexibility index (Phi) is 4.86. The molecule has 1 N–H and O–H groups in total. The highest BCUT2D eigenvalue weighted by atomic mass is 16.5. The number of esters is 1. The molecule has 18 heavy (non-hydrogen) atoms. The third-order valence-electron chi connectivity index (χ3n) is 2.01. The number of ether oxygens (including phenoxy) is 2. The van der Waals surface area contributed by atoms with Crippen molar-refractivity contribution in [3.05, 3.63) is 29.8 Å². The molecule has 0 spiro atoms. The van der Waals surface area contributed by atoms with Crippen LogP contribution in [0.25, 0.3) is 0 Å². The average Bonchev–Trinajstić information content (AvgIpc) is 2.36. The first kappa shape index (κ1) is 13.7. The van der Waals surface area contributed by atoms with Gasteiger partial charge in [-0.2, -0.15) is 0 Å². The van der Waals surface area contributed by atoms with Crippen LogP contribution in [0.5, 0.6) is 5.75 Å². The van der Waals surface area contributed by atoms with Crippen LogP contribution in [-0.4, -0.2) is 31.5 Å². The van der Waals surface area contributed by atoms with Crippen molar-refractivity contribution >= 4 is 17.8 Å². The average molecular weight is 251 g/mol. The van der Waals surface area contributed by atoms with Crippen LogP contribution in [0.2, 0.25) is 0 Å². The zero-order chi connectivity index (χ0) is 13.5. The zero-order valence-corrected chi connectivity index (χ0v) is 10.1. The molecule has 0 saturated carbocycles. The molecule has 0 aliphatic rings. The summed E-state index contributed by atoms with van der Waals surface area (Å²) < 4.78 is 9.45. The minimum atomic E-state index is -0.693. The predicted octanol–water partition coefficient (Wildman–Crippen LogP) is 0.515. The molecule has 1 aromatic rings. The topological polar surface area (TPSA) is 81.7 Å². The molecule has 0 aliphatic carbocycles. The molecule has 6 nitrogen and oxygen atoms in total. The summed E-state index contributed by atoms with van der Waals surface area (Å²) in [7, 11) is 1.42. The third kappa shape index (κ3) is 3.89. The Labute approximate surface area is 104 Å². The number of nitrogens with one attached hydrogen (secondary N) is 1. The maximum atomic E-state index is 11.7. The van der Waals surface area contributed by atoms with Crippen LogP contribution < -0.4 is 10.1 Å². The van der Waals surface area contributed by atoms with Crippen LogP contribution in [-0.2, 0) is 14.3 Å². The summed E-state index contributed by atoms with van der Waals surface area (Å²) in [5.74, 6) is -1.53. The molecule has 96 valence electrons. The van der Waals surface area contributed by atoms with Crippen molar-refractivity contribution in [3.63, 3.8) is 0 Å². The van der Waals surface area contributed by atoms with Crippen LogP contribution in [0.1, 0.15) is 17.3 Å². The Morgan fingerprint density at radius 2 is 1.89 bits per heavy atom. The van der Waals surface area contributed by atoms with Crippen molar-refractivity contribution in [1.29, 1.82) is 0 Å². The van der Waals surface area contributed by atoms with Crippen molar-refractivity contribution in [2.45, 2.75) is 6.92 Å². The Balaban J connectivity index is 2.65. The van der Waals surface area contributed by atoms with Gasteiger partial charge in [-0.05, 0) is 12.1 Å². The van der Waals surface area contributed by atoms with Gasteiger partial charge in [0.25, 0.3) is 11.8 Å². The Hall–Kier alpha value is -2.37. The van der Waals surface area contributed by atoms with Crippen LogP contribution in [0, 0.1) is 0 Å². The van der Waals surface area contributed by atoms with E-state index in [4.69, 9.17) is 4.74 Å². The molecule has 6 heteroatoms. The number of para-hydroxylation sites is 1. The van der Waals surface area contributed by atoms with E-state index in [1.54, 1.807) is 18.2 Å². The molecule has 1 aromatic carbocycles. The lowest BCUT2D eigenvalue weighted by Gasteiger charge is -2.08. The largest absolute Gasteiger partial charge is 0.496 e. The monoisotopic (exact) mass is 251 g/mol. The van der Waals surface area contributed by atoms with Gasteiger partial charge < -0.3 is 9.47 Å². The molecule has 0 fully saturated rings. The van der Waals surface area contributed by atoms with Gasteiger partial charge in [0.05, 0.1) is 12.7 Å². The smallest absolute Gasteiger partial charge is 0.303 e. The van der Waals surface area contributed by atoms with E-state index in [1.807, 2.05) is 0 Å². The molecular weight excluding hydrogens is 238 g/mol. The predicted molar refractivity (Wildman–Crippen MR) is 62.1 cm³/mol. The Morgan fingerprint density at radius 3 is 2.50 bits per heavy atom. The second-order valence-electron chi connectivity index (χ2n) is 3.36. The van der Waals surface area contributed by atoms with E-state index in [2.05, 4.69) is 10.1 Å². The number of benzene rings is 1. The maximum absolute atomic E-state index is 11.7. The van der Waals surface area contributed by atoms with Crippen molar-refractivity contribution in [2.24, 2.45) is 0 Å². The van der Waals surface area contributed by atoms with Crippen molar-refractivity contribution in [1.82, 2.24) is 5.32 Å². The van der Waals surface area contributed by atoms with E-state index in [9.17, 15) is 14.4 Å². The summed E-state index contributed by atoms with van der Waals surface area (Å²) in [5, 5.41) is 2.09. The van der Waals surface area contributed by atoms with Crippen LogP contribution >= 0.6 is 0 Å². The summed E-state index contributed by atoms with van der Waals surface area (Å²) in [5.41, 5.74) is 0.233. The second-order valence-corrected chi connectivity index (χ2v) is 3.36. The summed E-state index contributed by atoms with van der Waals surface area (Å²) >= 11 is 0. The molecule has 0 bridgehead atoms. The summed E-state index contributed by atoms with van der Waals surface area (Å²) in [6.07, 6.45) is 0. The van der Waals surface area contributed by atoms with Crippen molar-refractivity contribution in [3.8, 4) is 5.75 Å². The molecule has 0 heterocycles. The lowest BCUT2D eigenvalue weighted by molar-refractivity contribution is -0.146. The number of carbonyl (C=O) groups excluding carboxylic acids is 3.